The summed E-state index contributed by atoms with van der Waals surface area (Å²) in [6, 6.07) is 8.25. The molecule has 0 unspecified atom stereocenters. The molecule has 4 heteroatoms. The van der Waals surface area contributed by atoms with Gasteiger partial charge in [0.05, 0.1) is 0 Å². The van der Waals surface area contributed by atoms with Gasteiger partial charge in [-0.1, -0.05) is 45.0 Å². The zero-order valence-electron chi connectivity index (χ0n) is 10.1. The molecule has 16 heavy (non-hydrogen) atoms. The van der Waals surface area contributed by atoms with Gasteiger partial charge < -0.3 is 0 Å². The van der Waals surface area contributed by atoms with E-state index in [1.807, 2.05) is 19.2 Å². The van der Waals surface area contributed by atoms with Crippen molar-refractivity contribution in [3.63, 3.8) is 0 Å². The molecule has 1 aromatic heterocycles. The van der Waals surface area contributed by atoms with E-state index in [0.717, 1.165) is 11.4 Å². The molecule has 1 heterocycles. The van der Waals surface area contributed by atoms with Crippen LogP contribution in [0.2, 0.25) is 0 Å². The minimum absolute atomic E-state index is 0.0859. The van der Waals surface area contributed by atoms with Gasteiger partial charge in [0.2, 0.25) is 0 Å². The maximum atomic E-state index is 4.06. The lowest BCUT2D eigenvalue weighted by molar-refractivity contribution is 0.590. The van der Waals surface area contributed by atoms with Crippen LogP contribution < -0.4 is 0 Å². The highest BCUT2D eigenvalue weighted by molar-refractivity contribution is 5.61. The molecule has 4 nitrogen and oxygen atoms in total. The van der Waals surface area contributed by atoms with Gasteiger partial charge in [-0.2, -0.15) is 0 Å². The van der Waals surface area contributed by atoms with E-state index in [1.54, 1.807) is 4.68 Å². The standard InChI is InChI=1S/C12H16N4/c1-12(2,3)10-8-6-5-7-9(10)11-13-14-15-16(11)4/h5-8H,1-4H3. The molecular weight excluding hydrogens is 200 g/mol. The van der Waals surface area contributed by atoms with E-state index in [2.05, 4.69) is 48.4 Å². The molecule has 0 spiro atoms. The Kier molecular flexibility index (Phi) is 2.50. The first-order valence-electron chi connectivity index (χ1n) is 5.32. The average molecular weight is 216 g/mol. The van der Waals surface area contributed by atoms with E-state index in [9.17, 15) is 0 Å². The molecule has 0 aliphatic carbocycles. The Bertz CT molecular complexity index is 494. The highest BCUT2D eigenvalue weighted by Gasteiger charge is 2.20. The quantitative estimate of drug-likeness (QED) is 0.733. The van der Waals surface area contributed by atoms with Gasteiger partial charge in [-0.25, -0.2) is 4.68 Å². The minimum Gasteiger partial charge on any atom is -0.229 e. The van der Waals surface area contributed by atoms with Crippen LogP contribution in [0, 0.1) is 0 Å². The summed E-state index contributed by atoms with van der Waals surface area (Å²) in [6.07, 6.45) is 0. The molecule has 0 saturated heterocycles. The van der Waals surface area contributed by atoms with Gasteiger partial charge in [0.25, 0.3) is 0 Å². The number of nitrogens with zero attached hydrogens (tertiary/aromatic N) is 4. The first-order chi connectivity index (χ1) is 7.50. The largest absolute Gasteiger partial charge is 0.229 e. The van der Waals surface area contributed by atoms with E-state index < -0.39 is 0 Å². The number of aryl methyl sites for hydroxylation is 1. The summed E-state index contributed by atoms with van der Waals surface area (Å²) in [4.78, 5) is 0. The van der Waals surface area contributed by atoms with Crippen LogP contribution in [-0.2, 0) is 12.5 Å². The number of benzene rings is 1. The Morgan fingerprint density at radius 1 is 1.12 bits per heavy atom. The highest BCUT2D eigenvalue weighted by Crippen LogP contribution is 2.30. The normalized spacial score (nSPS) is 11.8. The van der Waals surface area contributed by atoms with Crippen LogP contribution >= 0.6 is 0 Å². The molecule has 0 saturated carbocycles. The van der Waals surface area contributed by atoms with Gasteiger partial charge >= 0.3 is 0 Å². The number of hydrogen-bond donors (Lipinski definition) is 0. The van der Waals surface area contributed by atoms with Crippen molar-refractivity contribution in [3.05, 3.63) is 29.8 Å². The van der Waals surface area contributed by atoms with Gasteiger partial charge in [-0.05, 0) is 21.4 Å². The fourth-order valence-corrected chi connectivity index (χ4v) is 1.79. The van der Waals surface area contributed by atoms with E-state index in [-0.39, 0.29) is 5.41 Å². The molecular formula is C12H16N4. The maximum absolute atomic E-state index is 4.06. The molecule has 0 aliphatic rings. The molecule has 0 bridgehead atoms. The molecule has 0 aliphatic heterocycles. The first kappa shape index (κ1) is 10.8. The van der Waals surface area contributed by atoms with Crippen molar-refractivity contribution in [2.45, 2.75) is 26.2 Å². The van der Waals surface area contributed by atoms with Gasteiger partial charge in [0, 0.05) is 12.6 Å². The zero-order valence-corrected chi connectivity index (χ0v) is 10.1. The lowest BCUT2D eigenvalue weighted by Gasteiger charge is -2.22. The number of aromatic nitrogens is 4. The van der Waals surface area contributed by atoms with Crippen LogP contribution in [0.3, 0.4) is 0 Å². The Labute approximate surface area is 95.3 Å². The van der Waals surface area contributed by atoms with Crippen molar-refractivity contribution in [2.75, 3.05) is 0 Å². The van der Waals surface area contributed by atoms with Crippen LogP contribution in [0.1, 0.15) is 26.3 Å². The Balaban J connectivity index is 2.62. The summed E-state index contributed by atoms with van der Waals surface area (Å²) in [5.74, 6) is 0.811. The van der Waals surface area contributed by atoms with Gasteiger partial charge in [-0.3, -0.25) is 0 Å². The van der Waals surface area contributed by atoms with Crippen molar-refractivity contribution in [1.29, 1.82) is 0 Å². The molecule has 0 fully saturated rings. The van der Waals surface area contributed by atoms with Crippen LogP contribution in [0.4, 0.5) is 0 Å². The molecule has 0 amide bonds. The number of rotatable bonds is 1. The molecule has 2 rings (SSSR count). The molecule has 84 valence electrons. The molecule has 1 aromatic carbocycles. The topological polar surface area (TPSA) is 43.6 Å². The highest BCUT2D eigenvalue weighted by atomic mass is 15.5. The molecule has 0 atom stereocenters. The smallest absolute Gasteiger partial charge is 0.182 e. The summed E-state index contributed by atoms with van der Waals surface area (Å²) in [5, 5.41) is 11.6. The van der Waals surface area contributed by atoms with Crippen molar-refractivity contribution in [3.8, 4) is 11.4 Å². The van der Waals surface area contributed by atoms with Crippen LogP contribution in [0.5, 0.6) is 0 Å². The van der Waals surface area contributed by atoms with Crippen molar-refractivity contribution < 1.29 is 0 Å². The maximum Gasteiger partial charge on any atom is 0.182 e. The van der Waals surface area contributed by atoms with Crippen LogP contribution in [0.15, 0.2) is 24.3 Å². The van der Waals surface area contributed by atoms with Crippen LogP contribution in [0.25, 0.3) is 11.4 Å². The molecule has 2 aromatic rings. The average Bonchev–Trinajstić information content (AvgIpc) is 2.63. The van der Waals surface area contributed by atoms with Crippen molar-refractivity contribution in [2.24, 2.45) is 7.05 Å². The lowest BCUT2D eigenvalue weighted by Crippen LogP contribution is -2.13. The molecule has 0 N–H and O–H groups in total. The second-order valence-corrected chi connectivity index (χ2v) is 4.92. The monoisotopic (exact) mass is 216 g/mol. The van der Waals surface area contributed by atoms with E-state index in [4.69, 9.17) is 0 Å². The van der Waals surface area contributed by atoms with Crippen molar-refractivity contribution in [1.82, 2.24) is 20.2 Å². The predicted octanol–water partition coefficient (Wildman–Crippen LogP) is 2.17. The second kappa shape index (κ2) is 3.70. The third kappa shape index (κ3) is 1.83. The van der Waals surface area contributed by atoms with Gasteiger partial charge in [-0.15, -0.1) is 5.10 Å². The Morgan fingerprint density at radius 2 is 1.81 bits per heavy atom. The minimum atomic E-state index is 0.0859. The number of tetrazole rings is 1. The van der Waals surface area contributed by atoms with Gasteiger partial charge in [0.15, 0.2) is 5.82 Å². The SMILES string of the molecule is Cn1nnnc1-c1ccccc1C(C)(C)C. The summed E-state index contributed by atoms with van der Waals surface area (Å²) >= 11 is 0. The summed E-state index contributed by atoms with van der Waals surface area (Å²) in [6.45, 7) is 6.57. The third-order valence-corrected chi connectivity index (χ3v) is 2.60. The fraction of sp³-hybridized carbons (Fsp3) is 0.417. The summed E-state index contributed by atoms with van der Waals surface area (Å²) < 4.78 is 1.70. The zero-order chi connectivity index (χ0) is 11.8. The first-order valence-corrected chi connectivity index (χ1v) is 5.32. The van der Waals surface area contributed by atoms with Crippen LogP contribution in [-0.4, -0.2) is 20.2 Å². The third-order valence-electron chi connectivity index (χ3n) is 2.60. The predicted molar refractivity (Wildman–Crippen MR) is 62.9 cm³/mol. The second-order valence-electron chi connectivity index (χ2n) is 4.92. The number of hydrogen-bond acceptors (Lipinski definition) is 3. The van der Waals surface area contributed by atoms with Gasteiger partial charge in [0.1, 0.15) is 0 Å². The Morgan fingerprint density at radius 3 is 2.38 bits per heavy atom. The summed E-state index contributed by atoms with van der Waals surface area (Å²) in [7, 11) is 1.86. The van der Waals surface area contributed by atoms with E-state index in [0.29, 0.717) is 0 Å². The summed E-state index contributed by atoms with van der Waals surface area (Å²) in [5.41, 5.74) is 2.44. The van der Waals surface area contributed by atoms with Crippen molar-refractivity contribution >= 4 is 0 Å². The fourth-order valence-electron chi connectivity index (χ4n) is 1.79. The molecule has 0 radical (unpaired) electrons. The van der Waals surface area contributed by atoms with E-state index >= 15 is 0 Å². The Hall–Kier alpha value is -1.71. The van der Waals surface area contributed by atoms with E-state index in [1.165, 1.54) is 5.56 Å². The lowest BCUT2D eigenvalue weighted by atomic mass is 9.83.